The average molecular weight is 312 g/mol. The fourth-order valence-corrected chi connectivity index (χ4v) is 4.00. The summed E-state index contributed by atoms with van der Waals surface area (Å²) in [7, 11) is -2.35. The number of carbonyl (C=O) groups is 1. The van der Waals surface area contributed by atoms with Crippen LogP contribution in [0.2, 0.25) is 0 Å². The van der Waals surface area contributed by atoms with Crippen LogP contribution in [0.5, 0.6) is 0 Å². The highest BCUT2D eigenvalue weighted by Gasteiger charge is 2.32. The van der Waals surface area contributed by atoms with Gasteiger partial charge in [-0.3, -0.25) is 0 Å². The Morgan fingerprint density at radius 3 is 2.76 bits per heavy atom. The van der Waals surface area contributed by atoms with Gasteiger partial charge in [0.15, 0.2) is 0 Å². The lowest BCUT2D eigenvalue weighted by atomic mass is 9.96. The van der Waals surface area contributed by atoms with E-state index in [-0.39, 0.29) is 22.4 Å². The lowest BCUT2D eigenvalue weighted by molar-refractivity contribution is 0.0600. The first-order chi connectivity index (χ1) is 9.86. The third-order valence-electron chi connectivity index (χ3n) is 3.83. The van der Waals surface area contributed by atoms with Crippen LogP contribution in [0.25, 0.3) is 0 Å². The lowest BCUT2D eigenvalue weighted by Gasteiger charge is -2.34. The molecular weight excluding hydrogens is 292 g/mol. The Kier molecular flexibility index (Phi) is 4.65. The molecule has 0 bridgehead atoms. The van der Waals surface area contributed by atoms with E-state index in [4.69, 9.17) is 5.73 Å². The van der Waals surface area contributed by atoms with Crippen molar-refractivity contribution in [2.75, 3.05) is 20.2 Å². The van der Waals surface area contributed by atoms with Gasteiger partial charge in [-0.2, -0.15) is 4.31 Å². The summed E-state index contributed by atoms with van der Waals surface area (Å²) in [5, 5.41) is 0. The first-order valence-electron chi connectivity index (χ1n) is 6.80. The predicted octanol–water partition coefficient (Wildman–Crippen LogP) is 0.831. The summed E-state index contributed by atoms with van der Waals surface area (Å²) in [6, 6.07) is 5.93. The first-order valence-corrected chi connectivity index (χ1v) is 8.24. The van der Waals surface area contributed by atoms with Crippen molar-refractivity contribution >= 4 is 16.0 Å². The third-order valence-corrected chi connectivity index (χ3v) is 5.69. The molecule has 2 rings (SSSR count). The van der Waals surface area contributed by atoms with Crippen molar-refractivity contribution < 1.29 is 17.9 Å². The average Bonchev–Trinajstić information content (AvgIpc) is 2.49. The zero-order chi connectivity index (χ0) is 15.6. The smallest absolute Gasteiger partial charge is 0.337 e. The molecule has 0 amide bonds. The van der Waals surface area contributed by atoms with Crippen molar-refractivity contribution in [2.45, 2.75) is 24.3 Å². The van der Waals surface area contributed by atoms with Gasteiger partial charge in [-0.25, -0.2) is 13.2 Å². The van der Waals surface area contributed by atoms with Gasteiger partial charge in [0.05, 0.1) is 17.6 Å². The maximum atomic E-state index is 12.6. The molecule has 1 aromatic rings. The van der Waals surface area contributed by atoms with Crippen LogP contribution in [-0.2, 0) is 14.8 Å². The van der Waals surface area contributed by atoms with E-state index < -0.39 is 16.0 Å². The van der Waals surface area contributed by atoms with Crippen LogP contribution >= 0.6 is 0 Å². The fourth-order valence-electron chi connectivity index (χ4n) is 2.39. The highest BCUT2D eigenvalue weighted by Crippen LogP contribution is 2.23. The molecule has 1 fully saturated rings. The predicted molar refractivity (Wildman–Crippen MR) is 78.3 cm³/mol. The molecule has 2 unspecified atom stereocenters. The molecule has 7 heteroatoms. The van der Waals surface area contributed by atoms with Gasteiger partial charge >= 0.3 is 5.97 Å². The summed E-state index contributed by atoms with van der Waals surface area (Å²) in [4.78, 5) is 11.6. The number of methoxy groups -OCH3 is 1. The highest BCUT2D eigenvalue weighted by molar-refractivity contribution is 7.89. The molecule has 2 atom stereocenters. The Balaban J connectivity index is 2.30. The van der Waals surface area contributed by atoms with Crippen molar-refractivity contribution in [3.63, 3.8) is 0 Å². The van der Waals surface area contributed by atoms with E-state index in [1.165, 1.54) is 35.7 Å². The van der Waals surface area contributed by atoms with Crippen molar-refractivity contribution in [1.82, 2.24) is 4.31 Å². The van der Waals surface area contributed by atoms with E-state index in [1.54, 1.807) is 0 Å². The SMILES string of the molecule is COC(=O)c1cccc(S(=O)(=O)N2CCC(N)C(C)C2)c1. The maximum Gasteiger partial charge on any atom is 0.337 e. The minimum absolute atomic E-state index is 0.0258. The molecule has 0 aliphatic carbocycles. The topological polar surface area (TPSA) is 89.7 Å². The van der Waals surface area contributed by atoms with Gasteiger partial charge in [-0.1, -0.05) is 13.0 Å². The molecule has 1 aromatic carbocycles. The minimum Gasteiger partial charge on any atom is -0.465 e. The van der Waals surface area contributed by atoms with E-state index >= 15 is 0 Å². The maximum absolute atomic E-state index is 12.6. The van der Waals surface area contributed by atoms with Crippen molar-refractivity contribution in [3.05, 3.63) is 29.8 Å². The highest BCUT2D eigenvalue weighted by atomic mass is 32.2. The van der Waals surface area contributed by atoms with Crippen molar-refractivity contribution in [2.24, 2.45) is 11.7 Å². The number of rotatable bonds is 3. The second-order valence-electron chi connectivity index (χ2n) is 5.31. The van der Waals surface area contributed by atoms with Gasteiger partial charge < -0.3 is 10.5 Å². The van der Waals surface area contributed by atoms with Crippen molar-refractivity contribution in [1.29, 1.82) is 0 Å². The molecule has 6 nitrogen and oxygen atoms in total. The summed E-state index contributed by atoms with van der Waals surface area (Å²) in [5.41, 5.74) is 6.14. The number of nitrogens with two attached hydrogens (primary N) is 1. The fraction of sp³-hybridized carbons (Fsp3) is 0.500. The van der Waals surface area contributed by atoms with Gasteiger partial charge in [0.1, 0.15) is 0 Å². The Labute approximate surface area is 124 Å². The second kappa shape index (κ2) is 6.13. The quantitative estimate of drug-likeness (QED) is 0.835. The molecule has 21 heavy (non-hydrogen) atoms. The molecule has 0 spiro atoms. The number of esters is 1. The second-order valence-corrected chi connectivity index (χ2v) is 7.25. The van der Waals surface area contributed by atoms with Crippen LogP contribution in [0, 0.1) is 5.92 Å². The summed E-state index contributed by atoms with van der Waals surface area (Å²) in [6.45, 7) is 2.74. The van der Waals surface area contributed by atoms with Crippen LogP contribution in [0.3, 0.4) is 0 Å². The summed E-state index contributed by atoms with van der Waals surface area (Å²) in [5.74, 6) is -0.446. The Morgan fingerprint density at radius 1 is 1.43 bits per heavy atom. The summed E-state index contributed by atoms with van der Waals surface area (Å²) >= 11 is 0. The van der Waals surface area contributed by atoms with Crippen LogP contribution in [0.4, 0.5) is 0 Å². The molecule has 1 aliphatic heterocycles. The number of nitrogens with zero attached hydrogens (tertiary/aromatic N) is 1. The normalized spacial score (nSPS) is 23.8. The number of carbonyl (C=O) groups excluding carboxylic acids is 1. The minimum atomic E-state index is -3.61. The number of hydrogen-bond donors (Lipinski definition) is 1. The van der Waals surface area contributed by atoms with E-state index in [2.05, 4.69) is 4.74 Å². The van der Waals surface area contributed by atoms with E-state index in [9.17, 15) is 13.2 Å². The number of benzene rings is 1. The molecule has 1 aliphatic rings. The van der Waals surface area contributed by atoms with Crippen LogP contribution < -0.4 is 5.73 Å². The standard InChI is InChI=1S/C14H20N2O4S/c1-10-9-16(7-6-13(10)15)21(18,19)12-5-3-4-11(8-12)14(17)20-2/h3-5,8,10,13H,6-7,9,15H2,1-2H3. The molecule has 1 saturated heterocycles. The van der Waals surface area contributed by atoms with Crippen LogP contribution in [0.15, 0.2) is 29.2 Å². The van der Waals surface area contributed by atoms with E-state index in [0.717, 1.165) is 0 Å². The number of hydrogen-bond acceptors (Lipinski definition) is 5. The summed E-state index contributed by atoms with van der Waals surface area (Å²) < 4.78 is 31.3. The largest absolute Gasteiger partial charge is 0.465 e. The molecule has 0 radical (unpaired) electrons. The van der Waals surface area contributed by atoms with Gasteiger partial charge in [-0.15, -0.1) is 0 Å². The third kappa shape index (κ3) is 3.25. The number of sulfonamides is 1. The van der Waals surface area contributed by atoms with Crippen molar-refractivity contribution in [3.8, 4) is 0 Å². The molecular formula is C14H20N2O4S. The zero-order valence-corrected chi connectivity index (χ0v) is 13.0. The molecule has 1 heterocycles. The van der Waals surface area contributed by atoms with Gasteiger partial charge in [0.25, 0.3) is 0 Å². The Morgan fingerprint density at radius 2 is 2.14 bits per heavy atom. The monoisotopic (exact) mass is 312 g/mol. The molecule has 116 valence electrons. The summed E-state index contributed by atoms with van der Waals surface area (Å²) in [6.07, 6.45) is 0.636. The Hall–Kier alpha value is -1.44. The zero-order valence-electron chi connectivity index (χ0n) is 12.2. The Bertz CT molecular complexity index is 630. The lowest BCUT2D eigenvalue weighted by Crippen LogP contribution is -2.48. The van der Waals surface area contributed by atoms with Gasteiger partial charge in [0.2, 0.25) is 10.0 Å². The number of piperidine rings is 1. The van der Waals surface area contributed by atoms with E-state index in [1.807, 2.05) is 6.92 Å². The van der Waals surface area contributed by atoms with Gasteiger partial charge in [0, 0.05) is 19.1 Å². The van der Waals surface area contributed by atoms with E-state index in [0.29, 0.717) is 19.5 Å². The number of ether oxygens (including phenoxy) is 1. The van der Waals surface area contributed by atoms with Crippen LogP contribution in [-0.4, -0.2) is 44.9 Å². The molecule has 0 aromatic heterocycles. The molecule has 0 saturated carbocycles. The van der Waals surface area contributed by atoms with Crippen LogP contribution in [0.1, 0.15) is 23.7 Å². The van der Waals surface area contributed by atoms with Gasteiger partial charge in [-0.05, 0) is 30.5 Å². The first kappa shape index (κ1) is 15.9. The molecule has 2 N–H and O–H groups in total.